The van der Waals surface area contributed by atoms with E-state index in [2.05, 4.69) is 22.8 Å². The van der Waals surface area contributed by atoms with Gasteiger partial charge < -0.3 is 13.9 Å². The van der Waals surface area contributed by atoms with Crippen molar-refractivity contribution in [1.29, 1.82) is 0 Å². The van der Waals surface area contributed by atoms with Crippen molar-refractivity contribution >= 4 is 5.91 Å². The van der Waals surface area contributed by atoms with Crippen molar-refractivity contribution in [3.8, 4) is 0 Å². The molecule has 0 aliphatic rings. The van der Waals surface area contributed by atoms with Crippen LogP contribution in [0.4, 0.5) is 0 Å². The zero-order valence-electron chi connectivity index (χ0n) is 13.2. The Hall–Kier alpha value is -2.75. The lowest BCUT2D eigenvalue weighted by molar-refractivity contribution is -0.130. The van der Waals surface area contributed by atoms with Gasteiger partial charge in [-0.1, -0.05) is 30.3 Å². The van der Waals surface area contributed by atoms with Gasteiger partial charge in [0.2, 0.25) is 5.91 Å². The molecule has 0 bridgehead atoms. The second kappa shape index (κ2) is 7.01. The molecule has 4 heteroatoms. The number of aromatic nitrogens is 1. The van der Waals surface area contributed by atoms with Gasteiger partial charge in [-0.15, -0.1) is 0 Å². The summed E-state index contributed by atoms with van der Waals surface area (Å²) in [6.07, 6.45) is 3.68. The molecule has 0 radical (unpaired) electrons. The van der Waals surface area contributed by atoms with Gasteiger partial charge in [0, 0.05) is 25.4 Å². The molecule has 118 valence electrons. The Labute approximate surface area is 136 Å². The molecule has 3 aromatic rings. The molecule has 0 saturated carbocycles. The summed E-state index contributed by atoms with van der Waals surface area (Å²) >= 11 is 0. The Morgan fingerprint density at radius 1 is 1.04 bits per heavy atom. The second-order valence-electron chi connectivity index (χ2n) is 5.57. The van der Waals surface area contributed by atoms with Crippen LogP contribution in [0, 0.1) is 0 Å². The summed E-state index contributed by atoms with van der Waals surface area (Å²) in [5, 5.41) is 0. The van der Waals surface area contributed by atoms with Gasteiger partial charge in [0.25, 0.3) is 0 Å². The van der Waals surface area contributed by atoms with E-state index in [0.29, 0.717) is 13.1 Å². The summed E-state index contributed by atoms with van der Waals surface area (Å²) in [6.45, 7) is 3.44. The number of hydrogen-bond acceptors (Lipinski definition) is 2. The molecule has 0 fully saturated rings. The maximum atomic E-state index is 11.9. The predicted octanol–water partition coefficient (Wildman–Crippen LogP) is 3.68. The number of benzene rings is 1. The molecule has 0 saturated heterocycles. The van der Waals surface area contributed by atoms with Crippen LogP contribution in [0.25, 0.3) is 0 Å². The number of carbonyl (C=O) groups is 1. The van der Waals surface area contributed by atoms with Crippen molar-refractivity contribution in [2.24, 2.45) is 0 Å². The molecular formula is C19H20N2O2. The first-order chi connectivity index (χ1) is 11.2. The van der Waals surface area contributed by atoms with E-state index >= 15 is 0 Å². The molecule has 3 rings (SSSR count). The third kappa shape index (κ3) is 3.92. The lowest BCUT2D eigenvalue weighted by atomic mass is 10.2. The smallest absolute Gasteiger partial charge is 0.220 e. The molecule has 0 N–H and O–H groups in total. The number of nitrogens with zero attached hydrogens (tertiary/aromatic N) is 2. The maximum Gasteiger partial charge on any atom is 0.220 e. The van der Waals surface area contributed by atoms with Crippen LogP contribution >= 0.6 is 0 Å². The lowest BCUT2D eigenvalue weighted by Crippen LogP contribution is -2.28. The average molecular weight is 308 g/mol. The normalized spacial score (nSPS) is 10.7. The summed E-state index contributed by atoms with van der Waals surface area (Å²) in [6, 6.07) is 18.1. The quantitative estimate of drug-likeness (QED) is 0.697. The molecule has 4 nitrogen and oxygen atoms in total. The monoisotopic (exact) mass is 308 g/mol. The van der Waals surface area contributed by atoms with Crippen LogP contribution in [0.3, 0.4) is 0 Å². The van der Waals surface area contributed by atoms with Gasteiger partial charge in [0.1, 0.15) is 5.76 Å². The zero-order chi connectivity index (χ0) is 16.1. The Kier molecular flexibility index (Phi) is 4.62. The highest BCUT2D eigenvalue weighted by molar-refractivity contribution is 5.73. The summed E-state index contributed by atoms with van der Waals surface area (Å²) in [7, 11) is 0. The van der Waals surface area contributed by atoms with E-state index < -0.39 is 0 Å². The third-order valence-corrected chi connectivity index (χ3v) is 3.84. The Morgan fingerprint density at radius 2 is 1.87 bits per heavy atom. The Balaban J connectivity index is 1.73. The standard InChI is InChI=1S/C19H20N2O2/c1-16(22)21(15-19-10-6-12-23-19)14-18-9-5-11-20(18)13-17-7-3-2-4-8-17/h2-12H,13-15H2,1H3. The van der Waals surface area contributed by atoms with Crippen molar-refractivity contribution in [2.75, 3.05) is 0 Å². The number of rotatable bonds is 6. The highest BCUT2D eigenvalue weighted by Gasteiger charge is 2.14. The fourth-order valence-corrected chi connectivity index (χ4v) is 2.59. The van der Waals surface area contributed by atoms with Crippen molar-refractivity contribution in [2.45, 2.75) is 26.6 Å². The molecule has 1 aromatic carbocycles. The molecule has 2 heterocycles. The first kappa shape index (κ1) is 15.2. The summed E-state index contributed by atoms with van der Waals surface area (Å²) in [5.74, 6) is 0.829. The third-order valence-electron chi connectivity index (χ3n) is 3.84. The van der Waals surface area contributed by atoms with E-state index in [1.54, 1.807) is 18.1 Å². The predicted molar refractivity (Wildman–Crippen MR) is 88.6 cm³/mol. The molecular weight excluding hydrogens is 288 g/mol. The fraction of sp³-hybridized carbons (Fsp3) is 0.211. The number of carbonyl (C=O) groups excluding carboxylic acids is 1. The fourth-order valence-electron chi connectivity index (χ4n) is 2.59. The molecule has 23 heavy (non-hydrogen) atoms. The second-order valence-corrected chi connectivity index (χ2v) is 5.57. The average Bonchev–Trinajstić information content (AvgIpc) is 3.20. The van der Waals surface area contributed by atoms with E-state index in [1.165, 1.54) is 5.56 Å². The van der Waals surface area contributed by atoms with Crippen LogP contribution in [0.2, 0.25) is 0 Å². The Bertz CT molecular complexity index is 745. The van der Waals surface area contributed by atoms with Gasteiger partial charge in [-0.05, 0) is 29.8 Å². The number of amides is 1. The lowest BCUT2D eigenvalue weighted by Gasteiger charge is -2.21. The SMILES string of the molecule is CC(=O)N(Cc1ccco1)Cc1cccn1Cc1ccccc1. The molecule has 0 spiro atoms. The van der Waals surface area contributed by atoms with Gasteiger partial charge >= 0.3 is 0 Å². The van der Waals surface area contributed by atoms with Crippen LogP contribution in [0.5, 0.6) is 0 Å². The van der Waals surface area contributed by atoms with Crippen LogP contribution in [-0.2, 0) is 24.4 Å². The topological polar surface area (TPSA) is 38.4 Å². The van der Waals surface area contributed by atoms with Crippen molar-refractivity contribution < 1.29 is 9.21 Å². The van der Waals surface area contributed by atoms with E-state index in [-0.39, 0.29) is 5.91 Å². The highest BCUT2D eigenvalue weighted by atomic mass is 16.3. The molecule has 0 aliphatic heterocycles. The van der Waals surface area contributed by atoms with Gasteiger partial charge in [-0.25, -0.2) is 0 Å². The highest BCUT2D eigenvalue weighted by Crippen LogP contribution is 2.13. The summed E-state index contributed by atoms with van der Waals surface area (Å²) in [4.78, 5) is 13.7. The van der Waals surface area contributed by atoms with Gasteiger partial charge in [-0.3, -0.25) is 4.79 Å². The van der Waals surface area contributed by atoms with E-state index in [9.17, 15) is 4.79 Å². The van der Waals surface area contributed by atoms with Crippen LogP contribution in [-0.4, -0.2) is 15.4 Å². The molecule has 0 aliphatic carbocycles. The molecule has 1 amide bonds. The largest absolute Gasteiger partial charge is 0.467 e. The first-order valence-corrected chi connectivity index (χ1v) is 7.68. The molecule has 0 atom stereocenters. The van der Waals surface area contributed by atoms with Gasteiger partial charge in [0.15, 0.2) is 0 Å². The van der Waals surface area contributed by atoms with Crippen LogP contribution in [0.15, 0.2) is 71.5 Å². The summed E-state index contributed by atoms with van der Waals surface area (Å²) < 4.78 is 7.53. The molecule has 2 aromatic heterocycles. The minimum atomic E-state index is 0.0360. The van der Waals surface area contributed by atoms with Crippen molar-refractivity contribution in [1.82, 2.24) is 9.47 Å². The minimum Gasteiger partial charge on any atom is -0.467 e. The van der Waals surface area contributed by atoms with E-state index in [4.69, 9.17) is 4.42 Å². The van der Waals surface area contributed by atoms with Crippen molar-refractivity contribution in [3.63, 3.8) is 0 Å². The van der Waals surface area contributed by atoms with Gasteiger partial charge in [-0.2, -0.15) is 0 Å². The zero-order valence-corrected chi connectivity index (χ0v) is 13.2. The van der Waals surface area contributed by atoms with E-state index in [1.807, 2.05) is 42.6 Å². The molecule has 0 unspecified atom stereocenters. The number of hydrogen-bond donors (Lipinski definition) is 0. The Morgan fingerprint density at radius 3 is 2.57 bits per heavy atom. The minimum absolute atomic E-state index is 0.0360. The van der Waals surface area contributed by atoms with Crippen molar-refractivity contribution in [3.05, 3.63) is 84.1 Å². The van der Waals surface area contributed by atoms with Gasteiger partial charge in [0.05, 0.1) is 19.4 Å². The summed E-state index contributed by atoms with van der Waals surface area (Å²) in [5.41, 5.74) is 2.35. The van der Waals surface area contributed by atoms with E-state index in [0.717, 1.165) is 18.0 Å². The maximum absolute atomic E-state index is 11.9. The number of furan rings is 1. The van der Waals surface area contributed by atoms with Crippen LogP contribution in [0.1, 0.15) is 23.9 Å². The van der Waals surface area contributed by atoms with Crippen LogP contribution < -0.4 is 0 Å². The first-order valence-electron chi connectivity index (χ1n) is 7.68.